The molecule has 3 rings (SSSR count). The molecule has 0 unspecified atom stereocenters. The normalized spacial score (nSPS) is 18.2. The fourth-order valence-electron chi connectivity index (χ4n) is 3.19. The van der Waals surface area contributed by atoms with E-state index in [-0.39, 0.29) is 5.91 Å². The number of carbonyl (C=O) groups is 1. The molecule has 1 aromatic heterocycles. The zero-order chi connectivity index (χ0) is 15.9. The standard InChI is InChI=1S/C19H24N2OS/c22-19(12-18-8-11-23-15-18)20-9-6-17-7-10-21(14-17)13-16-4-2-1-3-5-16/h1-5,8,11,15,17H,6-7,9-10,12-14H2,(H,20,22)/t17-/m0/s1. The monoisotopic (exact) mass is 328 g/mol. The Morgan fingerprint density at radius 3 is 2.87 bits per heavy atom. The molecule has 0 saturated carbocycles. The van der Waals surface area contributed by atoms with Gasteiger partial charge in [0.1, 0.15) is 0 Å². The summed E-state index contributed by atoms with van der Waals surface area (Å²) in [5.74, 6) is 0.850. The van der Waals surface area contributed by atoms with Gasteiger partial charge < -0.3 is 5.32 Å². The van der Waals surface area contributed by atoms with Gasteiger partial charge in [-0.3, -0.25) is 9.69 Å². The predicted octanol–water partition coefficient (Wildman–Crippen LogP) is 3.32. The fourth-order valence-corrected chi connectivity index (χ4v) is 3.86. The highest BCUT2D eigenvalue weighted by molar-refractivity contribution is 7.07. The van der Waals surface area contributed by atoms with Crippen molar-refractivity contribution in [2.75, 3.05) is 19.6 Å². The molecule has 1 aliphatic heterocycles. The highest BCUT2D eigenvalue weighted by Gasteiger charge is 2.22. The van der Waals surface area contributed by atoms with Crippen molar-refractivity contribution in [3.05, 3.63) is 58.3 Å². The Morgan fingerprint density at radius 2 is 2.09 bits per heavy atom. The number of nitrogens with zero attached hydrogens (tertiary/aromatic N) is 1. The Hall–Kier alpha value is -1.65. The minimum atomic E-state index is 0.141. The van der Waals surface area contributed by atoms with Crippen LogP contribution in [0.2, 0.25) is 0 Å². The highest BCUT2D eigenvalue weighted by atomic mass is 32.1. The third-order valence-electron chi connectivity index (χ3n) is 4.44. The SMILES string of the molecule is O=C(Cc1ccsc1)NCC[C@H]1CCN(Cc2ccccc2)C1. The zero-order valence-electron chi connectivity index (χ0n) is 13.4. The molecule has 1 aromatic carbocycles. The second-order valence-corrected chi connectivity index (χ2v) is 7.10. The summed E-state index contributed by atoms with van der Waals surface area (Å²) in [6.07, 6.45) is 2.84. The van der Waals surface area contributed by atoms with Gasteiger partial charge in [-0.2, -0.15) is 11.3 Å². The van der Waals surface area contributed by atoms with Gasteiger partial charge in [0.25, 0.3) is 0 Å². The summed E-state index contributed by atoms with van der Waals surface area (Å²) in [5.41, 5.74) is 2.50. The van der Waals surface area contributed by atoms with Crippen LogP contribution in [0.3, 0.4) is 0 Å². The van der Waals surface area contributed by atoms with Crippen LogP contribution in [0.15, 0.2) is 47.2 Å². The van der Waals surface area contributed by atoms with Crippen LogP contribution in [0.1, 0.15) is 24.0 Å². The number of nitrogens with one attached hydrogen (secondary N) is 1. The number of thiophene rings is 1. The number of likely N-dealkylation sites (tertiary alicyclic amines) is 1. The van der Waals surface area contributed by atoms with Crippen LogP contribution in [0.5, 0.6) is 0 Å². The van der Waals surface area contributed by atoms with E-state index in [1.807, 2.05) is 16.8 Å². The summed E-state index contributed by atoms with van der Waals surface area (Å²) in [4.78, 5) is 14.4. The lowest BCUT2D eigenvalue weighted by Crippen LogP contribution is -2.28. The molecule has 1 amide bonds. The van der Waals surface area contributed by atoms with E-state index in [1.165, 1.54) is 18.5 Å². The molecule has 0 spiro atoms. The third kappa shape index (κ3) is 5.19. The topological polar surface area (TPSA) is 32.3 Å². The van der Waals surface area contributed by atoms with Crippen molar-refractivity contribution < 1.29 is 4.79 Å². The lowest BCUT2D eigenvalue weighted by atomic mass is 10.1. The van der Waals surface area contributed by atoms with E-state index in [2.05, 4.69) is 40.5 Å². The van der Waals surface area contributed by atoms with Gasteiger partial charge in [0, 0.05) is 19.6 Å². The minimum Gasteiger partial charge on any atom is -0.356 e. The Kier molecular flexibility index (Phi) is 5.83. The Balaban J connectivity index is 1.33. The molecule has 1 atom stereocenters. The Morgan fingerprint density at radius 1 is 1.22 bits per heavy atom. The molecular weight excluding hydrogens is 304 g/mol. The van der Waals surface area contributed by atoms with Crippen molar-refractivity contribution in [1.82, 2.24) is 10.2 Å². The molecule has 0 aliphatic carbocycles. The van der Waals surface area contributed by atoms with E-state index in [4.69, 9.17) is 0 Å². The van der Waals surface area contributed by atoms with Gasteiger partial charge in [-0.25, -0.2) is 0 Å². The van der Waals surface area contributed by atoms with Gasteiger partial charge in [0.2, 0.25) is 5.91 Å². The largest absolute Gasteiger partial charge is 0.356 e. The van der Waals surface area contributed by atoms with Crippen LogP contribution in [0.25, 0.3) is 0 Å². The van der Waals surface area contributed by atoms with E-state index in [9.17, 15) is 4.79 Å². The molecule has 122 valence electrons. The Labute approximate surface area is 142 Å². The summed E-state index contributed by atoms with van der Waals surface area (Å²) < 4.78 is 0. The molecule has 1 fully saturated rings. The maximum Gasteiger partial charge on any atom is 0.224 e. The van der Waals surface area contributed by atoms with E-state index < -0.39 is 0 Å². The van der Waals surface area contributed by atoms with E-state index in [1.54, 1.807) is 11.3 Å². The number of hydrogen-bond donors (Lipinski definition) is 1. The smallest absolute Gasteiger partial charge is 0.224 e. The molecular formula is C19H24N2OS. The first kappa shape index (κ1) is 16.2. The first-order valence-corrected chi connectivity index (χ1v) is 9.28. The quantitative estimate of drug-likeness (QED) is 0.845. The van der Waals surface area contributed by atoms with Crippen LogP contribution < -0.4 is 5.32 Å². The van der Waals surface area contributed by atoms with Gasteiger partial charge in [-0.15, -0.1) is 0 Å². The number of hydrogen-bond acceptors (Lipinski definition) is 3. The average molecular weight is 328 g/mol. The predicted molar refractivity (Wildman–Crippen MR) is 95.5 cm³/mol. The van der Waals surface area contributed by atoms with Gasteiger partial charge in [0.15, 0.2) is 0 Å². The van der Waals surface area contributed by atoms with E-state index >= 15 is 0 Å². The third-order valence-corrected chi connectivity index (χ3v) is 5.17. The molecule has 1 aliphatic rings. The lowest BCUT2D eigenvalue weighted by Gasteiger charge is -2.16. The van der Waals surface area contributed by atoms with E-state index in [0.717, 1.165) is 31.6 Å². The van der Waals surface area contributed by atoms with Gasteiger partial charge in [0.05, 0.1) is 6.42 Å². The fraction of sp³-hybridized carbons (Fsp3) is 0.421. The molecule has 4 heteroatoms. The first-order valence-electron chi connectivity index (χ1n) is 8.33. The molecule has 1 N–H and O–H groups in total. The number of benzene rings is 1. The van der Waals surface area contributed by atoms with Crippen molar-refractivity contribution in [3.8, 4) is 0 Å². The average Bonchev–Trinajstić information content (AvgIpc) is 3.21. The van der Waals surface area contributed by atoms with Crippen LogP contribution in [0.4, 0.5) is 0 Å². The zero-order valence-corrected chi connectivity index (χ0v) is 14.2. The van der Waals surface area contributed by atoms with Crippen LogP contribution in [-0.4, -0.2) is 30.4 Å². The summed E-state index contributed by atoms with van der Waals surface area (Å²) in [6.45, 7) is 4.16. The van der Waals surface area contributed by atoms with E-state index in [0.29, 0.717) is 12.3 Å². The minimum absolute atomic E-state index is 0.141. The van der Waals surface area contributed by atoms with Crippen molar-refractivity contribution in [2.45, 2.75) is 25.8 Å². The molecule has 0 radical (unpaired) electrons. The molecule has 23 heavy (non-hydrogen) atoms. The number of amides is 1. The van der Waals surface area contributed by atoms with Gasteiger partial charge in [-0.1, -0.05) is 30.3 Å². The first-order chi connectivity index (χ1) is 11.3. The second-order valence-electron chi connectivity index (χ2n) is 6.32. The second kappa shape index (κ2) is 8.27. The summed E-state index contributed by atoms with van der Waals surface area (Å²) in [7, 11) is 0. The van der Waals surface area contributed by atoms with Gasteiger partial charge in [-0.05, 0) is 53.3 Å². The van der Waals surface area contributed by atoms with Crippen molar-refractivity contribution in [1.29, 1.82) is 0 Å². The van der Waals surface area contributed by atoms with Crippen molar-refractivity contribution in [2.24, 2.45) is 5.92 Å². The molecule has 3 nitrogen and oxygen atoms in total. The Bertz CT molecular complexity index is 597. The van der Waals surface area contributed by atoms with Crippen molar-refractivity contribution >= 4 is 17.2 Å². The summed E-state index contributed by atoms with van der Waals surface area (Å²) in [5, 5.41) is 7.12. The van der Waals surface area contributed by atoms with Crippen molar-refractivity contribution in [3.63, 3.8) is 0 Å². The number of carbonyl (C=O) groups excluding carboxylic acids is 1. The molecule has 2 heterocycles. The summed E-state index contributed by atoms with van der Waals surface area (Å²) in [6, 6.07) is 12.7. The maximum atomic E-state index is 11.9. The van der Waals surface area contributed by atoms with Gasteiger partial charge >= 0.3 is 0 Å². The van der Waals surface area contributed by atoms with Crippen LogP contribution in [-0.2, 0) is 17.8 Å². The molecule has 1 saturated heterocycles. The maximum absolute atomic E-state index is 11.9. The van der Waals surface area contributed by atoms with Crippen LogP contribution >= 0.6 is 11.3 Å². The summed E-state index contributed by atoms with van der Waals surface area (Å²) >= 11 is 1.64. The van der Waals surface area contributed by atoms with Crippen LogP contribution in [0, 0.1) is 5.92 Å². The lowest BCUT2D eigenvalue weighted by molar-refractivity contribution is -0.120. The highest BCUT2D eigenvalue weighted by Crippen LogP contribution is 2.21. The number of rotatable bonds is 7. The molecule has 2 aromatic rings. The molecule has 0 bridgehead atoms.